The summed E-state index contributed by atoms with van der Waals surface area (Å²) < 4.78 is 14.6. The van der Waals surface area contributed by atoms with Crippen LogP contribution in [0.5, 0.6) is 0 Å². The Morgan fingerprint density at radius 1 is 1.00 bits per heavy atom. The molecule has 2 heterocycles. The molecule has 5 heteroatoms. The molecule has 0 fully saturated rings. The topological polar surface area (TPSA) is 47.8 Å². The number of nitrogens with zero attached hydrogens (tertiary/aromatic N) is 3. The second-order valence-electron chi connectivity index (χ2n) is 5.35. The van der Waals surface area contributed by atoms with E-state index in [0.29, 0.717) is 11.3 Å². The van der Waals surface area contributed by atoms with E-state index < -0.39 is 0 Å². The molecule has 0 saturated heterocycles. The molecule has 2 aromatic heterocycles. The second-order valence-corrected chi connectivity index (χ2v) is 5.35. The molecular weight excluding hydrogens is 293 g/mol. The SMILES string of the molecule is CC(=O)n1c2ccccc2c2cc(-c3ccc(F)cc3)nnc21. The van der Waals surface area contributed by atoms with Crippen LogP contribution >= 0.6 is 0 Å². The Hall–Kier alpha value is -3.08. The van der Waals surface area contributed by atoms with E-state index in [2.05, 4.69) is 10.2 Å². The lowest BCUT2D eigenvalue weighted by Crippen LogP contribution is -2.06. The smallest absolute Gasteiger partial charge is 0.229 e. The minimum Gasteiger partial charge on any atom is -0.274 e. The summed E-state index contributed by atoms with van der Waals surface area (Å²) in [7, 11) is 0. The van der Waals surface area contributed by atoms with Gasteiger partial charge < -0.3 is 0 Å². The van der Waals surface area contributed by atoms with E-state index in [4.69, 9.17) is 0 Å². The lowest BCUT2D eigenvalue weighted by molar-refractivity contribution is 0.0945. The summed E-state index contributed by atoms with van der Waals surface area (Å²) in [6.45, 7) is 1.50. The third kappa shape index (κ3) is 2.09. The molecule has 4 nitrogen and oxygen atoms in total. The highest BCUT2D eigenvalue weighted by Gasteiger charge is 2.15. The van der Waals surface area contributed by atoms with Gasteiger partial charge in [-0.1, -0.05) is 18.2 Å². The van der Waals surface area contributed by atoms with Crippen molar-refractivity contribution >= 4 is 27.8 Å². The van der Waals surface area contributed by atoms with Crippen LogP contribution in [0.2, 0.25) is 0 Å². The van der Waals surface area contributed by atoms with Crippen LogP contribution in [0.25, 0.3) is 33.2 Å². The van der Waals surface area contributed by atoms with Crippen LogP contribution in [-0.4, -0.2) is 20.7 Å². The number of benzene rings is 2. The fourth-order valence-electron chi connectivity index (χ4n) is 2.84. The summed E-state index contributed by atoms with van der Waals surface area (Å²) in [5.74, 6) is -0.406. The monoisotopic (exact) mass is 305 g/mol. The van der Waals surface area contributed by atoms with Gasteiger partial charge in [-0.25, -0.2) is 4.39 Å². The van der Waals surface area contributed by atoms with Crippen molar-refractivity contribution in [1.82, 2.24) is 14.8 Å². The van der Waals surface area contributed by atoms with Crippen molar-refractivity contribution in [2.24, 2.45) is 0 Å². The van der Waals surface area contributed by atoms with Crippen LogP contribution < -0.4 is 0 Å². The summed E-state index contributed by atoms with van der Waals surface area (Å²) in [4.78, 5) is 12.0. The fourth-order valence-corrected chi connectivity index (χ4v) is 2.84. The highest BCUT2D eigenvalue weighted by Crippen LogP contribution is 2.29. The largest absolute Gasteiger partial charge is 0.274 e. The number of aromatic nitrogens is 3. The Bertz CT molecular complexity index is 1050. The molecule has 4 rings (SSSR count). The predicted octanol–water partition coefficient (Wildman–Crippen LogP) is 4.05. The summed E-state index contributed by atoms with van der Waals surface area (Å²) in [6, 6.07) is 15.6. The van der Waals surface area contributed by atoms with Crippen LogP contribution in [0.4, 0.5) is 4.39 Å². The molecule has 23 heavy (non-hydrogen) atoms. The average Bonchev–Trinajstić information content (AvgIpc) is 2.89. The minimum atomic E-state index is -0.295. The molecule has 0 radical (unpaired) electrons. The van der Waals surface area contributed by atoms with Gasteiger partial charge in [0.1, 0.15) is 5.82 Å². The molecule has 0 amide bonds. The maximum Gasteiger partial charge on any atom is 0.229 e. The first-order valence-electron chi connectivity index (χ1n) is 7.19. The lowest BCUT2D eigenvalue weighted by atomic mass is 10.1. The number of carbonyl (C=O) groups is 1. The Labute approximate surface area is 131 Å². The van der Waals surface area contributed by atoms with E-state index in [-0.39, 0.29) is 11.7 Å². The molecule has 0 spiro atoms. The fraction of sp³-hybridized carbons (Fsp3) is 0.0556. The van der Waals surface area contributed by atoms with E-state index in [1.54, 1.807) is 16.7 Å². The molecule has 0 unspecified atom stereocenters. The summed E-state index contributed by atoms with van der Waals surface area (Å²) in [5, 5.41) is 10.2. The van der Waals surface area contributed by atoms with E-state index in [1.165, 1.54) is 19.1 Å². The van der Waals surface area contributed by atoms with Gasteiger partial charge in [-0.05, 0) is 36.4 Å². The van der Waals surface area contributed by atoms with Crippen LogP contribution in [0.1, 0.15) is 11.7 Å². The zero-order chi connectivity index (χ0) is 16.0. The zero-order valence-electron chi connectivity index (χ0n) is 12.3. The summed E-state index contributed by atoms with van der Waals surface area (Å²) >= 11 is 0. The van der Waals surface area contributed by atoms with E-state index in [1.807, 2.05) is 30.3 Å². The second kappa shape index (κ2) is 4.98. The Kier molecular flexibility index (Phi) is 2.94. The normalized spacial score (nSPS) is 11.2. The number of fused-ring (bicyclic) bond motifs is 3. The van der Waals surface area contributed by atoms with E-state index in [0.717, 1.165) is 21.9 Å². The highest BCUT2D eigenvalue weighted by atomic mass is 19.1. The molecule has 0 atom stereocenters. The first kappa shape index (κ1) is 13.6. The van der Waals surface area contributed by atoms with Gasteiger partial charge in [0.2, 0.25) is 5.91 Å². The first-order valence-corrected chi connectivity index (χ1v) is 7.19. The van der Waals surface area contributed by atoms with Gasteiger partial charge in [0.05, 0.1) is 11.2 Å². The van der Waals surface area contributed by atoms with Gasteiger partial charge in [-0.3, -0.25) is 9.36 Å². The van der Waals surface area contributed by atoms with Crippen LogP contribution in [-0.2, 0) is 0 Å². The summed E-state index contributed by atoms with van der Waals surface area (Å²) in [5.41, 5.74) is 2.76. The number of hydrogen-bond donors (Lipinski definition) is 0. The van der Waals surface area contributed by atoms with Crippen molar-refractivity contribution < 1.29 is 9.18 Å². The predicted molar refractivity (Wildman–Crippen MR) is 86.7 cm³/mol. The highest BCUT2D eigenvalue weighted by molar-refractivity contribution is 6.12. The third-order valence-electron chi connectivity index (χ3n) is 3.88. The van der Waals surface area contributed by atoms with E-state index in [9.17, 15) is 9.18 Å². The molecule has 0 aliphatic carbocycles. The number of para-hydroxylation sites is 1. The van der Waals surface area contributed by atoms with Gasteiger partial charge in [0.25, 0.3) is 0 Å². The molecule has 0 bridgehead atoms. The van der Waals surface area contributed by atoms with Crippen LogP contribution in [0, 0.1) is 5.82 Å². The van der Waals surface area contributed by atoms with Gasteiger partial charge >= 0.3 is 0 Å². The number of rotatable bonds is 1. The molecule has 0 saturated carbocycles. The van der Waals surface area contributed by atoms with Crippen molar-refractivity contribution in [3.63, 3.8) is 0 Å². The lowest BCUT2D eigenvalue weighted by Gasteiger charge is -2.02. The van der Waals surface area contributed by atoms with Gasteiger partial charge in [0, 0.05) is 23.3 Å². The van der Waals surface area contributed by atoms with Crippen molar-refractivity contribution in [3.8, 4) is 11.3 Å². The number of halogens is 1. The number of hydrogen-bond acceptors (Lipinski definition) is 3. The van der Waals surface area contributed by atoms with Crippen molar-refractivity contribution in [2.75, 3.05) is 0 Å². The molecule has 112 valence electrons. The molecule has 0 aliphatic rings. The third-order valence-corrected chi connectivity index (χ3v) is 3.88. The molecular formula is C18H12FN3O. The molecule has 0 aliphatic heterocycles. The van der Waals surface area contributed by atoms with Crippen LogP contribution in [0.15, 0.2) is 54.6 Å². The Morgan fingerprint density at radius 2 is 1.74 bits per heavy atom. The average molecular weight is 305 g/mol. The Morgan fingerprint density at radius 3 is 2.48 bits per heavy atom. The minimum absolute atomic E-state index is 0.111. The first-order chi connectivity index (χ1) is 11.1. The maximum absolute atomic E-state index is 13.1. The van der Waals surface area contributed by atoms with Crippen molar-refractivity contribution in [1.29, 1.82) is 0 Å². The van der Waals surface area contributed by atoms with E-state index >= 15 is 0 Å². The molecule has 2 aromatic carbocycles. The molecule has 0 N–H and O–H groups in total. The maximum atomic E-state index is 13.1. The zero-order valence-corrected chi connectivity index (χ0v) is 12.3. The Balaban J connectivity index is 2.04. The van der Waals surface area contributed by atoms with Crippen LogP contribution in [0.3, 0.4) is 0 Å². The van der Waals surface area contributed by atoms with Crippen molar-refractivity contribution in [3.05, 3.63) is 60.4 Å². The standard InChI is InChI=1S/C18H12FN3O/c1-11(23)22-17-5-3-2-4-14(17)15-10-16(20-21-18(15)22)12-6-8-13(19)9-7-12/h2-10H,1H3. The van der Waals surface area contributed by atoms with Gasteiger partial charge in [-0.2, -0.15) is 0 Å². The van der Waals surface area contributed by atoms with Crippen molar-refractivity contribution in [2.45, 2.75) is 6.92 Å². The summed E-state index contributed by atoms with van der Waals surface area (Å²) in [6.07, 6.45) is 0. The quantitative estimate of drug-likeness (QED) is 0.533. The molecule has 4 aromatic rings. The van der Waals surface area contributed by atoms with Gasteiger partial charge in [-0.15, -0.1) is 10.2 Å². The number of carbonyl (C=O) groups excluding carboxylic acids is 1. The van der Waals surface area contributed by atoms with Gasteiger partial charge in [0.15, 0.2) is 5.65 Å².